The van der Waals surface area contributed by atoms with Crippen LogP contribution in [0, 0.1) is 5.92 Å². The summed E-state index contributed by atoms with van der Waals surface area (Å²) in [5.74, 6) is -0.883. The van der Waals surface area contributed by atoms with Crippen LogP contribution in [0.1, 0.15) is 39.5 Å². The lowest BCUT2D eigenvalue weighted by molar-refractivity contribution is -0.148. The van der Waals surface area contributed by atoms with E-state index >= 15 is 0 Å². The van der Waals surface area contributed by atoms with Crippen LogP contribution in [-0.4, -0.2) is 32.8 Å². The Bertz CT molecular complexity index is 352. The van der Waals surface area contributed by atoms with Gasteiger partial charge < -0.3 is 4.74 Å². The quantitative estimate of drug-likeness (QED) is 0.752. The molecule has 5 nitrogen and oxygen atoms in total. The van der Waals surface area contributed by atoms with Crippen molar-refractivity contribution in [3.8, 4) is 0 Å². The fourth-order valence-electron chi connectivity index (χ4n) is 2.30. The second-order valence-electron chi connectivity index (χ2n) is 4.22. The summed E-state index contributed by atoms with van der Waals surface area (Å²) in [5, 5.41) is -0.629. The molecule has 0 aliphatic heterocycles. The number of ether oxygens (including phenoxy) is 1. The van der Waals surface area contributed by atoms with Crippen LogP contribution in [0.25, 0.3) is 0 Å². The zero-order chi connectivity index (χ0) is 12.9. The van der Waals surface area contributed by atoms with Crippen molar-refractivity contribution in [1.29, 1.82) is 0 Å². The van der Waals surface area contributed by atoms with E-state index in [-0.39, 0.29) is 5.97 Å². The van der Waals surface area contributed by atoms with E-state index in [0.717, 1.165) is 12.8 Å². The maximum absolute atomic E-state index is 12.0. The van der Waals surface area contributed by atoms with Crippen molar-refractivity contribution in [3.63, 3.8) is 0 Å². The molecule has 0 saturated heterocycles. The van der Waals surface area contributed by atoms with Gasteiger partial charge in [0.25, 0.3) is 0 Å². The first-order valence-electron chi connectivity index (χ1n) is 6.18. The van der Waals surface area contributed by atoms with Crippen LogP contribution in [-0.2, 0) is 19.6 Å². The maximum atomic E-state index is 12.0. The number of hydrogen-bond acceptors (Lipinski definition) is 4. The van der Waals surface area contributed by atoms with E-state index < -0.39 is 21.2 Å². The van der Waals surface area contributed by atoms with E-state index in [1.165, 1.54) is 0 Å². The van der Waals surface area contributed by atoms with Gasteiger partial charge in [-0.2, -0.15) is 0 Å². The summed E-state index contributed by atoms with van der Waals surface area (Å²) in [6.45, 7) is 4.12. The van der Waals surface area contributed by atoms with Crippen LogP contribution in [0.15, 0.2) is 0 Å². The highest BCUT2D eigenvalue weighted by atomic mass is 32.2. The Morgan fingerprint density at radius 3 is 2.53 bits per heavy atom. The van der Waals surface area contributed by atoms with E-state index in [2.05, 4.69) is 4.72 Å². The van der Waals surface area contributed by atoms with Gasteiger partial charge in [0, 0.05) is 6.54 Å². The standard InChI is InChI=1S/C11H21NO4S/c1-3-12-17(14,15)10-8-6-5-7-9(10)11(13)16-4-2/h9-10,12H,3-8H2,1-2H3. The molecule has 1 rings (SSSR count). The molecule has 2 unspecified atom stereocenters. The summed E-state index contributed by atoms with van der Waals surface area (Å²) < 4.78 is 31.4. The van der Waals surface area contributed by atoms with Gasteiger partial charge in [-0.15, -0.1) is 0 Å². The Morgan fingerprint density at radius 1 is 1.29 bits per heavy atom. The second kappa shape index (κ2) is 6.35. The molecule has 0 heterocycles. The average molecular weight is 263 g/mol. The molecule has 0 amide bonds. The molecule has 1 fully saturated rings. The van der Waals surface area contributed by atoms with E-state index in [4.69, 9.17) is 4.74 Å². The molecular weight excluding hydrogens is 242 g/mol. The molecule has 0 aromatic heterocycles. The van der Waals surface area contributed by atoms with Gasteiger partial charge in [-0.1, -0.05) is 19.8 Å². The highest BCUT2D eigenvalue weighted by Crippen LogP contribution is 2.30. The van der Waals surface area contributed by atoms with Gasteiger partial charge in [-0.05, 0) is 19.8 Å². The van der Waals surface area contributed by atoms with Gasteiger partial charge in [0.05, 0.1) is 17.8 Å². The van der Waals surface area contributed by atoms with Crippen LogP contribution in [0.4, 0.5) is 0 Å². The van der Waals surface area contributed by atoms with E-state index in [1.807, 2.05) is 0 Å². The molecule has 0 spiro atoms. The fraction of sp³-hybridized carbons (Fsp3) is 0.909. The van der Waals surface area contributed by atoms with Gasteiger partial charge in [-0.25, -0.2) is 13.1 Å². The molecule has 0 aromatic rings. The minimum absolute atomic E-state index is 0.295. The molecule has 1 aliphatic carbocycles. The van der Waals surface area contributed by atoms with E-state index in [9.17, 15) is 13.2 Å². The van der Waals surface area contributed by atoms with Gasteiger partial charge in [0.15, 0.2) is 0 Å². The molecular formula is C11H21NO4S. The van der Waals surface area contributed by atoms with Gasteiger partial charge in [-0.3, -0.25) is 4.79 Å². The summed E-state index contributed by atoms with van der Waals surface area (Å²) in [4.78, 5) is 11.7. The van der Waals surface area contributed by atoms with Crippen molar-refractivity contribution in [2.75, 3.05) is 13.2 Å². The number of rotatable bonds is 5. The number of esters is 1. The highest BCUT2D eigenvalue weighted by Gasteiger charge is 2.39. The molecule has 1 saturated carbocycles. The normalized spacial score (nSPS) is 25.5. The van der Waals surface area contributed by atoms with Crippen LogP contribution in [0.2, 0.25) is 0 Å². The Labute approximate surface area is 103 Å². The molecule has 17 heavy (non-hydrogen) atoms. The summed E-state index contributed by atoms with van der Waals surface area (Å²) >= 11 is 0. The summed E-state index contributed by atoms with van der Waals surface area (Å²) in [6, 6.07) is 0. The third kappa shape index (κ3) is 3.67. The topological polar surface area (TPSA) is 72.5 Å². The minimum atomic E-state index is -3.40. The second-order valence-corrected chi connectivity index (χ2v) is 6.21. The molecule has 6 heteroatoms. The fourth-order valence-corrected chi connectivity index (χ4v) is 4.07. The summed E-state index contributed by atoms with van der Waals surface area (Å²) in [5.41, 5.74) is 0. The van der Waals surface area contributed by atoms with Crippen molar-refractivity contribution < 1.29 is 17.9 Å². The third-order valence-electron chi connectivity index (χ3n) is 3.04. The van der Waals surface area contributed by atoms with Crippen LogP contribution in [0.3, 0.4) is 0 Å². The number of sulfonamides is 1. The Hall–Kier alpha value is -0.620. The Balaban J connectivity index is 2.82. The van der Waals surface area contributed by atoms with Crippen molar-refractivity contribution in [2.45, 2.75) is 44.8 Å². The maximum Gasteiger partial charge on any atom is 0.310 e. The number of carbonyl (C=O) groups excluding carboxylic acids is 1. The van der Waals surface area contributed by atoms with Crippen molar-refractivity contribution in [3.05, 3.63) is 0 Å². The van der Waals surface area contributed by atoms with E-state index in [0.29, 0.717) is 26.0 Å². The van der Waals surface area contributed by atoms with Gasteiger partial charge in [0.2, 0.25) is 10.0 Å². The number of carbonyl (C=O) groups is 1. The first kappa shape index (κ1) is 14.4. The predicted molar refractivity (Wildman–Crippen MR) is 65.0 cm³/mol. The van der Waals surface area contributed by atoms with Gasteiger partial charge in [0.1, 0.15) is 0 Å². The summed E-state index contributed by atoms with van der Waals surface area (Å²) in [6.07, 6.45) is 2.89. The first-order valence-corrected chi connectivity index (χ1v) is 7.72. The molecule has 0 radical (unpaired) electrons. The highest BCUT2D eigenvalue weighted by molar-refractivity contribution is 7.90. The van der Waals surface area contributed by atoms with Crippen molar-refractivity contribution in [2.24, 2.45) is 5.92 Å². The zero-order valence-corrected chi connectivity index (χ0v) is 11.3. The van der Waals surface area contributed by atoms with Crippen molar-refractivity contribution in [1.82, 2.24) is 4.72 Å². The molecule has 100 valence electrons. The SMILES string of the molecule is CCNS(=O)(=O)C1CCCCC1C(=O)OCC. The average Bonchev–Trinajstić information content (AvgIpc) is 2.29. The van der Waals surface area contributed by atoms with Crippen LogP contribution >= 0.6 is 0 Å². The minimum Gasteiger partial charge on any atom is -0.466 e. The molecule has 0 aromatic carbocycles. The number of hydrogen-bond donors (Lipinski definition) is 1. The molecule has 0 bridgehead atoms. The first-order chi connectivity index (χ1) is 8.03. The lowest BCUT2D eigenvalue weighted by atomic mass is 9.89. The lowest BCUT2D eigenvalue weighted by Gasteiger charge is -2.29. The lowest BCUT2D eigenvalue weighted by Crippen LogP contribution is -2.44. The molecule has 1 aliphatic rings. The monoisotopic (exact) mass is 263 g/mol. The molecule has 1 N–H and O–H groups in total. The Kier molecular flexibility index (Phi) is 5.39. The number of nitrogens with one attached hydrogen (secondary N) is 1. The van der Waals surface area contributed by atoms with Crippen molar-refractivity contribution >= 4 is 16.0 Å². The van der Waals surface area contributed by atoms with Gasteiger partial charge >= 0.3 is 5.97 Å². The smallest absolute Gasteiger partial charge is 0.310 e. The largest absolute Gasteiger partial charge is 0.466 e. The van der Waals surface area contributed by atoms with Crippen LogP contribution < -0.4 is 4.72 Å². The molecule has 2 atom stereocenters. The predicted octanol–water partition coefficient (Wildman–Crippen LogP) is 1.05. The summed E-state index contributed by atoms with van der Waals surface area (Å²) in [7, 11) is -3.40. The zero-order valence-electron chi connectivity index (χ0n) is 10.4. The Morgan fingerprint density at radius 2 is 1.94 bits per heavy atom. The van der Waals surface area contributed by atoms with E-state index in [1.54, 1.807) is 13.8 Å². The third-order valence-corrected chi connectivity index (χ3v) is 5.09. The van der Waals surface area contributed by atoms with Crippen LogP contribution in [0.5, 0.6) is 0 Å².